The van der Waals surface area contributed by atoms with Gasteiger partial charge in [-0.1, -0.05) is 34.1 Å². The molecule has 0 saturated carbocycles. The highest BCUT2D eigenvalue weighted by Gasteiger charge is 2.35. The van der Waals surface area contributed by atoms with Gasteiger partial charge in [0, 0.05) is 30.0 Å². The largest absolute Gasteiger partial charge is 0.478 e. The van der Waals surface area contributed by atoms with Crippen LogP contribution < -0.4 is 9.47 Å². The van der Waals surface area contributed by atoms with E-state index in [1.807, 2.05) is 49.4 Å². The molecule has 150 valence electrons. The van der Waals surface area contributed by atoms with Crippen molar-refractivity contribution >= 4 is 27.8 Å². The number of fused-ring (bicyclic) bond motifs is 3. The van der Waals surface area contributed by atoms with Crippen LogP contribution in [-0.4, -0.2) is 22.4 Å². The molecular weight excluding hydrogens is 444 g/mol. The predicted molar refractivity (Wildman–Crippen MR) is 117 cm³/mol. The molecule has 6 heteroatoms. The van der Waals surface area contributed by atoms with Gasteiger partial charge in [-0.15, -0.1) is 0 Å². The molecule has 0 unspecified atom stereocenters. The van der Waals surface area contributed by atoms with Crippen LogP contribution in [0.4, 0.5) is 0 Å². The van der Waals surface area contributed by atoms with E-state index in [4.69, 9.17) is 9.47 Å². The Morgan fingerprint density at radius 1 is 1.20 bits per heavy atom. The average Bonchev–Trinajstić information content (AvgIpc) is 3.08. The maximum Gasteiger partial charge on any atom is 0.232 e. The molecule has 0 aliphatic carbocycles. The summed E-state index contributed by atoms with van der Waals surface area (Å²) in [5.41, 5.74) is 4.47. The van der Waals surface area contributed by atoms with E-state index < -0.39 is 0 Å². The van der Waals surface area contributed by atoms with Gasteiger partial charge in [-0.2, -0.15) is 0 Å². The third-order valence-corrected chi connectivity index (χ3v) is 6.06. The second kappa shape index (κ2) is 7.70. The highest BCUT2D eigenvalue weighted by Crippen LogP contribution is 2.44. The highest BCUT2D eigenvalue weighted by molar-refractivity contribution is 9.10. The number of ketones is 1. The summed E-state index contributed by atoms with van der Waals surface area (Å²) in [6.45, 7) is 3.80. The van der Waals surface area contributed by atoms with Crippen LogP contribution in [0.15, 0.2) is 65.1 Å². The van der Waals surface area contributed by atoms with Gasteiger partial charge in [-0.25, -0.2) is 0 Å². The molecule has 0 amide bonds. The molecule has 2 aliphatic rings. The lowest BCUT2D eigenvalue weighted by Crippen LogP contribution is -2.31. The normalized spacial score (nSPS) is 16.7. The molecule has 5 rings (SSSR count). The number of pyridine rings is 1. The van der Waals surface area contributed by atoms with Crippen molar-refractivity contribution in [1.82, 2.24) is 9.88 Å². The molecule has 30 heavy (non-hydrogen) atoms. The summed E-state index contributed by atoms with van der Waals surface area (Å²) in [7, 11) is 0. The topological polar surface area (TPSA) is 51.7 Å². The first-order valence-electron chi connectivity index (χ1n) is 9.69. The molecule has 2 aromatic carbocycles. The summed E-state index contributed by atoms with van der Waals surface area (Å²) in [6.07, 6.45) is 5.36. The van der Waals surface area contributed by atoms with Crippen LogP contribution in [0.5, 0.6) is 11.5 Å². The van der Waals surface area contributed by atoms with Crippen molar-refractivity contribution in [1.29, 1.82) is 0 Å². The van der Waals surface area contributed by atoms with Crippen molar-refractivity contribution in [3.05, 3.63) is 92.9 Å². The Balaban J connectivity index is 1.49. The maximum absolute atomic E-state index is 13.1. The van der Waals surface area contributed by atoms with Gasteiger partial charge >= 0.3 is 0 Å². The van der Waals surface area contributed by atoms with E-state index in [2.05, 4.69) is 25.8 Å². The highest BCUT2D eigenvalue weighted by atomic mass is 79.9. The Bertz CT molecular complexity index is 1170. The lowest BCUT2D eigenvalue weighted by atomic mass is 9.98. The van der Waals surface area contributed by atoms with Crippen LogP contribution in [0.25, 0.3) is 6.08 Å². The van der Waals surface area contributed by atoms with E-state index in [9.17, 15) is 4.79 Å². The first-order valence-corrected chi connectivity index (χ1v) is 10.5. The van der Waals surface area contributed by atoms with Crippen LogP contribution in [0.3, 0.4) is 0 Å². The SMILES string of the molecule is Cc1cc2c(c3c1C(=O)/C(=C/c1ccccc1Br)O3)CN(Cc1ccncc1)CO2. The van der Waals surface area contributed by atoms with Gasteiger partial charge in [-0.05, 0) is 54.0 Å². The van der Waals surface area contributed by atoms with Crippen molar-refractivity contribution in [2.24, 2.45) is 0 Å². The van der Waals surface area contributed by atoms with Gasteiger partial charge in [0.25, 0.3) is 0 Å². The number of benzene rings is 2. The van der Waals surface area contributed by atoms with Gasteiger partial charge in [-0.3, -0.25) is 14.7 Å². The molecule has 0 saturated heterocycles. The number of aryl methyl sites for hydroxylation is 1. The summed E-state index contributed by atoms with van der Waals surface area (Å²) in [5.74, 6) is 1.65. The lowest BCUT2D eigenvalue weighted by molar-refractivity contribution is 0.0872. The smallest absolute Gasteiger partial charge is 0.232 e. The fraction of sp³-hybridized carbons (Fsp3) is 0.167. The summed E-state index contributed by atoms with van der Waals surface area (Å²) in [6, 6.07) is 13.7. The van der Waals surface area contributed by atoms with Crippen molar-refractivity contribution in [2.45, 2.75) is 20.0 Å². The van der Waals surface area contributed by atoms with Crippen LogP contribution in [0.1, 0.15) is 32.6 Å². The number of carbonyl (C=O) groups is 1. The molecule has 1 aromatic heterocycles. The Kier molecular flexibility index (Phi) is 4.89. The Labute approximate surface area is 183 Å². The number of aromatic nitrogens is 1. The molecule has 0 atom stereocenters. The summed E-state index contributed by atoms with van der Waals surface area (Å²) < 4.78 is 13.1. The molecule has 0 N–H and O–H groups in total. The summed E-state index contributed by atoms with van der Waals surface area (Å²) in [4.78, 5) is 19.4. The minimum absolute atomic E-state index is 0.0905. The molecule has 3 aromatic rings. The van der Waals surface area contributed by atoms with E-state index in [0.717, 1.165) is 39.0 Å². The third kappa shape index (κ3) is 3.42. The Hall–Kier alpha value is -2.96. The number of hydrogen-bond acceptors (Lipinski definition) is 5. The summed E-state index contributed by atoms with van der Waals surface area (Å²) >= 11 is 3.53. The zero-order chi connectivity index (χ0) is 20.7. The lowest BCUT2D eigenvalue weighted by Gasteiger charge is -2.30. The second-order valence-corrected chi connectivity index (χ2v) is 8.31. The fourth-order valence-corrected chi connectivity index (χ4v) is 4.26. The minimum atomic E-state index is -0.0905. The van der Waals surface area contributed by atoms with Gasteiger partial charge in [0.1, 0.15) is 18.2 Å². The third-order valence-electron chi connectivity index (χ3n) is 5.34. The van der Waals surface area contributed by atoms with Crippen molar-refractivity contribution < 1.29 is 14.3 Å². The quantitative estimate of drug-likeness (QED) is 0.505. The number of halogens is 1. The molecule has 2 aliphatic heterocycles. The Morgan fingerprint density at radius 3 is 2.80 bits per heavy atom. The zero-order valence-electron chi connectivity index (χ0n) is 16.4. The first-order chi connectivity index (χ1) is 14.6. The van der Waals surface area contributed by atoms with Crippen LogP contribution in [-0.2, 0) is 13.1 Å². The number of rotatable bonds is 3. The molecule has 0 radical (unpaired) electrons. The van der Waals surface area contributed by atoms with E-state index in [1.165, 1.54) is 0 Å². The molecule has 5 nitrogen and oxygen atoms in total. The number of allylic oxidation sites excluding steroid dienone is 1. The van der Waals surface area contributed by atoms with Crippen molar-refractivity contribution in [3.8, 4) is 11.5 Å². The van der Waals surface area contributed by atoms with Gasteiger partial charge < -0.3 is 9.47 Å². The van der Waals surface area contributed by atoms with Gasteiger partial charge in [0.2, 0.25) is 5.78 Å². The number of hydrogen-bond donors (Lipinski definition) is 0. The molecule has 0 bridgehead atoms. The molecule has 0 fully saturated rings. The predicted octanol–water partition coefficient (Wildman–Crippen LogP) is 5.12. The maximum atomic E-state index is 13.1. The van der Waals surface area contributed by atoms with Crippen molar-refractivity contribution in [3.63, 3.8) is 0 Å². The molecule has 3 heterocycles. The van der Waals surface area contributed by atoms with E-state index in [1.54, 1.807) is 18.5 Å². The fourth-order valence-electron chi connectivity index (χ4n) is 3.86. The van der Waals surface area contributed by atoms with Gasteiger partial charge in [0.05, 0.1) is 11.1 Å². The zero-order valence-corrected chi connectivity index (χ0v) is 18.0. The van der Waals surface area contributed by atoms with Crippen LogP contribution >= 0.6 is 15.9 Å². The van der Waals surface area contributed by atoms with E-state index in [-0.39, 0.29) is 5.78 Å². The standard InChI is InChI=1S/C24H19BrN2O3/c1-15-10-20-18(13-27(14-29-20)12-16-6-8-26-9-7-16)24-22(15)23(28)21(30-24)11-17-4-2-3-5-19(17)25/h2-11H,12-14H2,1H3/b21-11-. The number of carbonyl (C=O) groups excluding carboxylic acids is 1. The first kappa shape index (κ1) is 19.0. The average molecular weight is 463 g/mol. The van der Waals surface area contributed by atoms with E-state index in [0.29, 0.717) is 30.3 Å². The van der Waals surface area contributed by atoms with Gasteiger partial charge in [0.15, 0.2) is 5.76 Å². The number of nitrogens with zero attached hydrogens (tertiary/aromatic N) is 2. The molecular formula is C24H19BrN2O3. The Morgan fingerprint density at radius 2 is 2.00 bits per heavy atom. The minimum Gasteiger partial charge on any atom is -0.478 e. The molecule has 0 spiro atoms. The monoisotopic (exact) mass is 462 g/mol. The number of Topliss-reactive ketones (excluding diaryl/α,β-unsaturated/α-hetero) is 1. The number of ether oxygens (including phenoxy) is 2. The van der Waals surface area contributed by atoms with Crippen LogP contribution in [0.2, 0.25) is 0 Å². The van der Waals surface area contributed by atoms with Crippen LogP contribution in [0, 0.1) is 6.92 Å². The van der Waals surface area contributed by atoms with Crippen molar-refractivity contribution in [2.75, 3.05) is 6.73 Å². The van der Waals surface area contributed by atoms with E-state index >= 15 is 0 Å². The summed E-state index contributed by atoms with van der Waals surface area (Å²) in [5, 5.41) is 0. The second-order valence-electron chi connectivity index (χ2n) is 7.45.